The van der Waals surface area contributed by atoms with Crippen LogP contribution in [-0.2, 0) is 11.8 Å². The monoisotopic (exact) mass is 448 g/mol. The van der Waals surface area contributed by atoms with E-state index in [1.54, 1.807) is 18.3 Å². The number of benzene rings is 1. The van der Waals surface area contributed by atoms with Gasteiger partial charge in [0.25, 0.3) is 0 Å². The number of aromatic nitrogens is 5. The van der Waals surface area contributed by atoms with Crippen LogP contribution in [0, 0.1) is 0 Å². The van der Waals surface area contributed by atoms with E-state index in [0.717, 1.165) is 18.7 Å². The molecule has 0 aliphatic heterocycles. The average molecular weight is 448 g/mol. The fraction of sp³-hybridized carbons (Fsp3) is 0.263. The molecule has 3 aromatic heterocycles. The number of aliphatic hydroxyl groups is 1. The van der Waals surface area contributed by atoms with Gasteiger partial charge in [0, 0.05) is 23.6 Å². The van der Waals surface area contributed by atoms with Gasteiger partial charge in [-0.1, -0.05) is 0 Å². The number of fused-ring (bicyclic) bond motifs is 1. The van der Waals surface area contributed by atoms with Crippen LogP contribution in [0.2, 0.25) is 0 Å². The average Bonchev–Trinajstić information content (AvgIpc) is 3.31. The van der Waals surface area contributed by atoms with E-state index >= 15 is 0 Å². The highest BCUT2D eigenvalue weighted by molar-refractivity contribution is 7.15. The minimum absolute atomic E-state index is 0.230. The normalized spacial score (nSPS) is 15.7. The van der Waals surface area contributed by atoms with Crippen molar-refractivity contribution in [3.05, 3.63) is 51.8 Å². The van der Waals surface area contributed by atoms with Crippen molar-refractivity contribution in [2.24, 2.45) is 0 Å². The summed E-state index contributed by atoms with van der Waals surface area (Å²) in [6.07, 6.45) is 0.250. The Morgan fingerprint density at radius 1 is 1.19 bits per heavy atom. The lowest BCUT2D eigenvalue weighted by molar-refractivity contribution is -0.141. The summed E-state index contributed by atoms with van der Waals surface area (Å²) < 4.78 is 38.8. The molecule has 12 heteroatoms. The minimum atomic E-state index is -4.60. The van der Waals surface area contributed by atoms with Crippen molar-refractivity contribution in [3.8, 4) is 10.4 Å². The third-order valence-corrected chi connectivity index (χ3v) is 6.40. The van der Waals surface area contributed by atoms with Gasteiger partial charge in [0.15, 0.2) is 0 Å². The number of anilines is 2. The predicted molar refractivity (Wildman–Crippen MR) is 108 cm³/mol. The quantitative estimate of drug-likeness (QED) is 0.376. The number of thiazole rings is 1. The van der Waals surface area contributed by atoms with Gasteiger partial charge >= 0.3 is 11.9 Å². The molecule has 4 N–H and O–H groups in total. The zero-order valence-electron chi connectivity index (χ0n) is 15.7. The Bertz CT molecular complexity index is 1340. The molecule has 3 heterocycles. The van der Waals surface area contributed by atoms with Crippen molar-refractivity contribution in [1.29, 1.82) is 0 Å². The maximum Gasteiger partial charge on any atom is 0.433 e. The highest BCUT2D eigenvalue weighted by Crippen LogP contribution is 2.45. The second-order valence-corrected chi connectivity index (χ2v) is 8.36. The molecular weight excluding hydrogens is 433 g/mol. The zero-order chi connectivity index (χ0) is 21.8. The van der Waals surface area contributed by atoms with Gasteiger partial charge in [-0.25, -0.2) is 19.7 Å². The molecule has 4 aromatic rings. The molecular formula is C19H15F3N6O2S. The third-order valence-electron chi connectivity index (χ3n) is 5.18. The molecule has 1 saturated carbocycles. The van der Waals surface area contributed by atoms with Gasteiger partial charge in [-0.15, -0.1) is 11.3 Å². The molecule has 1 aliphatic carbocycles. The Morgan fingerprint density at radius 2 is 2.00 bits per heavy atom. The van der Waals surface area contributed by atoms with Gasteiger partial charge in [0.2, 0.25) is 5.95 Å². The van der Waals surface area contributed by atoms with Crippen LogP contribution in [0.3, 0.4) is 0 Å². The topological polar surface area (TPSA) is 120 Å². The van der Waals surface area contributed by atoms with Gasteiger partial charge in [-0.2, -0.15) is 13.2 Å². The van der Waals surface area contributed by atoms with Crippen molar-refractivity contribution < 1.29 is 18.3 Å². The van der Waals surface area contributed by atoms with E-state index in [0.29, 0.717) is 45.0 Å². The molecule has 8 nitrogen and oxygen atoms in total. The van der Waals surface area contributed by atoms with Gasteiger partial charge in [-0.3, -0.25) is 0 Å². The van der Waals surface area contributed by atoms with Crippen LogP contribution in [0.15, 0.2) is 35.4 Å². The Kier molecular flexibility index (Phi) is 4.38. The first kappa shape index (κ1) is 19.7. The molecule has 0 radical (unpaired) electrons. The van der Waals surface area contributed by atoms with E-state index in [1.165, 1.54) is 11.3 Å². The van der Waals surface area contributed by atoms with Crippen LogP contribution < -0.4 is 11.0 Å². The number of nitrogens with one attached hydrogen (secondary N) is 3. The number of aromatic amines is 2. The fourth-order valence-electron chi connectivity index (χ4n) is 3.45. The van der Waals surface area contributed by atoms with Gasteiger partial charge in [0.05, 0.1) is 15.9 Å². The maximum atomic E-state index is 12.9. The van der Waals surface area contributed by atoms with Crippen LogP contribution in [0.5, 0.6) is 0 Å². The lowest BCUT2D eigenvalue weighted by Gasteiger charge is -2.34. The summed E-state index contributed by atoms with van der Waals surface area (Å²) >= 11 is 1.31. The number of nitrogens with zero attached hydrogens (tertiary/aromatic N) is 3. The Balaban J connectivity index is 1.56. The molecule has 0 bridgehead atoms. The summed E-state index contributed by atoms with van der Waals surface area (Å²) in [6.45, 7) is 0. The van der Waals surface area contributed by atoms with E-state index < -0.39 is 23.2 Å². The van der Waals surface area contributed by atoms with Crippen LogP contribution in [0.4, 0.5) is 24.8 Å². The number of imidazole rings is 1. The van der Waals surface area contributed by atoms with Crippen molar-refractivity contribution in [1.82, 2.24) is 24.9 Å². The standard InChI is InChI=1S/C19H15F3N6O2S/c20-19(21,22)13-2-5-23-16(27-13)25-9-6-10(14-11(7-9)26-17(29)28-14)12-8-24-15(31-12)18(30)3-1-4-18/h2,5-8,30H,1,3-4H2,(H,23,25,27)(H2,26,28,29). The molecule has 0 amide bonds. The van der Waals surface area contributed by atoms with Crippen molar-refractivity contribution in [2.45, 2.75) is 31.0 Å². The summed E-state index contributed by atoms with van der Waals surface area (Å²) in [7, 11) is 0. The van der Waals surface area contributed by atoms with Gasteiger partial charge in [-0.05, 0) is 37.5 Å². The number of hydrogen-bond acceptors (Lipinski definition) is 7. The first-order chi connectivity index (χ1) is 14.7. The fourth-order valence-corrected chi connectivity index (χ4v) is 4.54. The lowest BCUT2D eigenvalue weighted by atomic mass is 9.81. The van der Waals surface area contributed by atoms with E-state index in [2.05, 4.69) is 30.2 Å². The molecule has 1 aromatic carbocycles. The Labute approximate surface area is 176 Å². The maximum absolute atomic E-state index is 12.9. The Morgan fingerprint density at radius 3 is 2.71 bits per heavy atom. The van der Waals surface area contributed by atoms with Crippen LogP contribution >= 0.6 is 11.3 Å². The molecule has 1 fully saturated rings. The van der Waals surface area contributed by atoms with E-state index in [1.807, 2.05) is 0 Å². The molecule has 31 heavy (non-hydrogen) atoms. The molecule has 0 spiro atoms. The number of rotatable bonds is 4. The molecule has 0 unspecified atom stereocenters. The van der Waals surface area contributed by atoms with Crippen LogP contribution in [0.1, 0.15) is 30.0 Å². The number of halogens is 3. The molecule has 5 rings (SSSR count). The van der Waals surface area contributed by atoms with Crippen LogP contribution in [-0.4, -0.2) is 30.0 Å². The second kappa shape index (κ2) is 6.89. The summed E-state index contributed by atoms with van der Waals surface area (Å²) in [5.74, 6) is -0.230. The van der Waals surface area contributed by atoms with Crippen LogP contribution in [0.25, 0.3) is 21.5 Å². The molecule has 160 valence electrons. The van der Waals surface area contributed by atoms with Crippen molar-refractivity contribution >= 4 is 34.0 Å². The number of alkyl halides is 3. The minimum Gasteiger partial charge on any atom is -0.383 e. The van der Waals surface area contributed by atoms with Gasteiger partial charge in [0.1, 0.15) is 16.3 Å². The highest BCUT2D eigenvalue weighted by Gasteiger charge is 2.39. The summed E-state index contributed by atoms with van der Waals surface area (Å²) in [6, 6.07) is 4.02. The van der Waals surface area contributed by atoms with Gasteiger partial charge < -0.3 is 20.4 Å². The predicted octanol–water partition coefficient (Wildman–Crippen LogP) is 3.90. The highest BCUT2D eigenvalue weighted by atomic mass is 32.1. The van der Waals surface area contributed by atoms with Crippen molar-refractivity contribution in [3.63, 3.8) is 0 Å². The smallest absolute Gasteiger partial charge is 0.383 e. The Hall–Kier alpha value is -3.25. The third kappa shape index (κ3) is 3.57. The summed E-state index contributed by atoms with van der Waals surface area (Å²) in [4.78, 5) is 29.7. The number of H-pyrrole nitrogens is 2. The largest absolute Gasteiger partial charge is 0.433 e. The number of hydrogen-bond donors (Lipinski definition) is 4. The first-order valence-electron chi connectivity index (χ1n) is 9.34. The van der Waals surface area contributed by atoms with E-state index in [4.69, 9.17) is 0 Å². The SMILES string of the molecule is O=c1[nH]c2cc(Nc3nccc(C(F)(F)F)n3)cc(-c3cnc(C4(O)CCC4)s3)c2[nH]1. The van der Waals surface area contributed by atoms with E-state index in [-0.39, 0.29) is 5.95 Å². The van der Waals surface area contributed by atoms with Crippen molar-refractivity contribution in [2.75, 3.05) is 5.32 Å². The second-order valence-electron chi connectivity index (χ2n) is 7.33. The lowest BCUT2D eigenvalue weighted by Crippen LogP contribution is -2.33. The molecule has 0 saturated heterocycles. The molecule has 0 atom stereocenters. The summed E-state index contributed by atoms with van der Waals surface area (Å²) in [5.41, 5.74) is -0.444. The zero-order valence-corrected chi connectivity index (χ0v) is 16.6. The molecule has 1 aliphatic rings. The van der Waals surface area contributed by atoms with E-state index in [9.17, 15) is 23.1 Å². The first-order valence-corrected chi connectivity index (χ1v) is 10.2. The summed E-state index contributed by atoms with van der Waals surface area (Å²) in [5, 5.41) is 13.9.